The molecule has 0 aliphatic heterocycles. The van der Waals surface area contributed by atoms with E-state index in [1.54, 1.807) is 0 Å². The van der Waals surface area contributed by atoms with Crippen LogP contribution in [-0.2, 0) is 6.54 Å². The van der Waals surface area contributed by atoms with Crippen LogP contribution in [0.4, 0.5) is 0 Å². The smallest absolute Gasteiger partial charge is 0.0471 e. The van der Waals surface area contributed by atoms with E-state index in [1.807, 2.05) is 19.9 Å². The third-order valence-corrected chi connectivity index (χ3v) is 2.53. The quantitative estimate of drug-likeness (QED) is 0.765. The molecule has 0 aliphatic carbocycles. The van der Waals surface area contributed by atoms with Crippen LogP contribution in [-0.4, -0.2) is 5.21 Å². The molecule has 0 aliphatic rings. The number of hydrogen-bond donors (Lipinski definition) is 2. The SMILES string of the molecule is Cc1cc(C)c(CNO)c(Br)c1. The normalized spacial score (nSPS) is 10.3. The van der Waals surface area contributed by atoms with E-state index in [2.05, 4.69) is 27.5 Å². The van der Waals surface area contributed by atoms with E-state index in [1.165, 1.54) is 11.1 Å². The Labute approximate surface area is 80.7 Å². The molecule has 0 atom stereocenters. The van der Waals surface area contributed by atoms with Gasteiger partial charge in [-0.3, -0.25) is 0 Å². The molecule has 0 saturated heterocycles. The lowest BCUT2D eigenvalue weighted by Crippen LogP contribution is -2.08. The van der Waals surface area contributed by atoms with E-state index in [0.29, 0.717) is 6.54 Å². The van der Waals surface area contributed by atoms with Gasteiger partial charge >= 0.3 is 0 Å². The monoisotopic (exact) mass is 229 g/mol. The van der Waals surface area contributed by atoms with Crippen LogP contribution >= 0.6 is 15.9 Å². The Hall–Kier alpha value is -0.380. The first-order chi connectivity index (χ1) is 5.65. The summed E-state index contributed by atoms with van der Waals surface area (Å²) in [5.41, 5.74) is 5.66. The summed E-state index contributed by atoms with van der Waals surface area (Å²) in [5.74, 6) is 0. The fourth-order valence-electron chi connectivity index (χ4n) is 1.25. The zero-order valence-electron chi connectivity index (χ0n) is 7.19. The summed E-state index contributed by atoms with van der Waals surface area (Å²) < 4.78 is 1.04. The van der Waals surface area contributed by atoms with Gasteiger partial charge in [-0.2, -0.15) is 0 Å². The largest absolute Gasteiger partial charge is 0.316 e. The van der Waals surface area contributed by atoms with Crippen molar-refractivity contribution in [3.05, 3.63) is 33.3 Å². The van der Waals surface area contributed by atoms with Gasteiger partial charge in [-0.15, -0.1) is 0 Å². The predicted octanol–water partition coefficient (Wildman–Crippen LogP) is 2.54. The fourth-order valence-corrected chi connectivity index (χ4v) is 2.06. The molecule has 2 nitrogen and oxygen atoms in total. The molecule has 0 bridgehead atoms. The van der Waals surface area contributed by atoms with Gasteiger partial charge in [0.15, 0.2) is 0 Å². The number of aryl methyl sites for hydroxylation is 2. The van der Waals surface area contributed by atoms with Crippen molar-refractivity contribution >= 4 is 15.9 Å². The van der Waals surface area contributed by atoms with Crippen molar-refractivity contribution < 1.29 is 5.21 Å². The Kier molecular flexibility index (Phi) is 3.26. The topological polar surface area (TPSA) is 32.3 Å². The van der Waals surface area contributed by atoms with Gasteiger partial charge in [0.05, 0.1) is 0 Å². The summed E-state index contributed by atoms with van der Waals surface area (Å²) in [6.07, 6.45) is 0. The van der Waals surface area contributed by atoms with E-state index in [0.717, 1.165) is 10.0 Å². The number of rotatable bonds is 2. The van der Waals surface area contributed by atoms with Gasteiger partial charge in [0, 0.05) is 11.0 Å². The minimum Gasteiger partial charge on any atom is -0.316 e. The second kappa shape index (κ2) is 4.03. The summed E-state index contributed by atoms with van der Waals surface area (Å²) in [7, 11) is 0. The second-order valence-corrected chi connectivity index (χ2v) is 3.73. The van der Waals surface area contributed by atoms with Crippen LogP contribution in [0.2, 0.25) is 0 Å². The third kappa shape index (κ3) is 2.06. The van der Waals surface area contributed by atoms with Gasteiger partial charge in [-0.25, -0.2) is 5.48 Å². The van der Waals surface area contributed by atoms with Gasteiger partial charge in [0.25, 0.3) is 0 Å². The van der Waals surface area contributed by atoms with Crippen LogP contribution < -0.4 is 5.48 Å². The molecule has 0 fully saturated rings. The van der Waals surface area contributed by atoms with Crippen molar-refractivity contribution in [2.75, 3.05) is 0 Å². The summed E-state index contributed by atoms with van der Waals surface area (Å²) >= 11 is 3.45. The Balaban J connectivity index is 3.10. The first-order valence-corrected chi connectivity index (χ1v) is 4.57. The van der Waals surface area contributed by atoms with Gasteiger partial charge in [0.2, 0.25) is 0 Å². The Morgan fingerprint density at radius 3 is 2.58 bits per heavy atom. The second-order valence-electron chi connectivity index (χ2n) is 2.88. The van der Waals surface area contributed by atoms with Crippen molar-refractivity contribution in [1.82, 2.24) is 5.48 Å². The first-order valence-electron chi connectivity index (χ1n) is 3.77. The molecule has 0 aromatic heterocycles. The van der Waals surface area contributed by atoms with Crippen molar-refractivity contribution in [3.63, 3.8) is 0 Å². The van der Waals surface area contributed by atoms with Crippen molar-refractivity contribution in [2.45, 2.75) is 20.4 Å². The highest BCUT2D eigenvalue weighted by molar-refractivity contribution is 9.10. The van der Waals surface area contributed by atoms with Gasteiger partial charge in [0.1, 0.15) is 0 Å². The van der Waals surface area contributed by atoms with E-state index in [9.17, 15) is 0 Å². The van der Waals surface area contributed by atoms with Crippen LogP contribution in [0.3, 0.4) is 0 Å². The summed E-state index contributed by atoms with van der Waals surface area (Å²) in [4.78, 5) is 0. The van der Waals surface area contributed by atoms with Crippen LogP contribution in [0.5, 0.6) is 0 Å². The molecular formula is C9H12BrNO. The minimum atomic E-state index is 0.479. The molecule has 1 aromatic rings. The average molecular weight is 230 g/mol. The fraction of sp³-hybridized carbons (Fsp3) is 0.333. The minimum absolute atomic E-state index is 0.479. The summed E-state index contributed by atoms with van der Waals surface area (Å²) in [6, 6.07) is 4.14. The standard InChI is InChI=1S/C9H12BrNO/c1-6-3-7(2)8(5-11-12)9(10)4-6/h3-4,11-12H,5H2,1-2H3. The number of nitrogens with one attached hydrogen (secondary N) is 1. The van der Waals surface area contributed by atoms with Crippen molar-refractivity contribution in [1.29, 1.82) is 0 Å². The lowest BCUT2D eigenvalue weighted by Gasteiger charge is -2.08. The maximum atomic E-state index is 8.57. The van der Waals surface area contributed by atoms with Crippen LogP contribution in [0, 0.1) is 13.8 Å². The molecule has 0 saturated carbocycles. The molecule has 12 heavy (non-hydrogen) atoms. The van der Waals surface area contributed by atoms with Crippen molar-refractivity contribution in [3.8, 4) is 0 Å². The highest BCUT2D eigenvalue weighted by atomic mass is 79.9. The van der Waals surface area contributed by atoms with Crippen molar-refractivity contribution in [2.24, 2.45) is 0 Å². The van der Waals surface area contributed by atoms with Crippen LogP contribution in [0.15, 0.2) is 16.6 Å². The van der Waals surface area contributed by atoms with E-state index < -0.39 is 0 Å². The molecule has 0 radical (unpaired) electrons. The zero-order chi connectivity index (χ0) is 9.14. The highest BCUT2D eigenvalue weighted by Crippen LogP contribution is 2.21. The average Bonchev–Trinajstić information content (AvgIpc) is 1.96. The third-order valence-electron chi connectivity index (χ3n) is 1.82. The number of benzene rings is 1. The summed E-state index contributed by atoms with van der Waals surface area (Å²) in [5, 5.41) is 8.57. The molecular weight excluding hydrogens is 218 g/mol. The maximum absolute atomic E-state index is 8.57. The molecule has 0 spiro atoms. The molecule has 0 amide bonds. The molecule has 1 rings (SSSR count). The zero-order valence-corrected chi connectivity index (χ0v) is 8.77. The Morgan fingerprint density at radius 2 is 2.08 bits per heavy atom. The molecule has 0 unspecified atom stereocenters. The molecule has 2 N–H and O–H groups in total. The highest BCUT2D eigenvalue weighted by Gasteiger charge is 2.03. The molecule has 0 heterocycles. The molecule has 1 aromatic carbocycles. The van der Waals surface area contributed by atoms with E-state index in [-0.39, 0.29) is 0 Å². The first kappa shape index (κ1) is 9.71. The molecule has 3 heteroatoms. The Bertz CT molecular complexity index is 263. The molecule has 66 valence electrons. The van der Waals surface area contributed by atoms with Gasteiger partial charge < -0.3 is 5.21 Å². The van der Waals surface area contributed by atoms with Crippen LogP contribution in [0.25, 0.3) is 0 Å². The van der Waals surface area contributed by atoms with Crippen LogP contribution in [0.1, 0.15) is 16.7 Å². The van der Waals surface area contributed by atoms with E-state index in [4.69, 9.17) is 5.21 Å². The Morgan fingerprint density at radius 1 is 1.42 bits per heavy atom. The number of hydroxylamine groups is 1. The maximum Gasteiger partial charge on any atom is 0.0471 e. The lowest BCUT2D eigenvalue weighted by atomic mass is 10.1. The number of halogens is 1. The van der Waals surface area contributed by atoms with E-state index >= 15 is 0 Å². The summed E-state index contributed by atoms with van der Waals surface area (Å²) in [6.45, 7) is 4.56. The number of hydrogen-bond acceptors (Lipinski definition) is 2. The predicted molar refractivity (Wildman–Crippen MR) is 52.2 cm³/mol. The lowest BCUT2D eigenvalue weighted by molar-refractivity contribution is 0.161. The van der Waals surface area contributed by atoms with Gasteiger partial charge in [-0.05, 0) is 36.6 Å². The van der Waals surface area contributed by atoms with Gasteiger partial charge in [-0.1, -0.05) is 22.0 Å².